The Labute approximate surface area is 249 Å². The van der Waals surface area contributed by atoms with E-state index in [1.54, 1.807) is 30.3 Å². The van der Waals surface area contributed by atoms with Gasteiger partial charge < -0.3 is 51.2 Å². The third-order valence-corrected chi connectivity index (χ3v) is 6.83. The summed E-state index contributed by atoms with van der Waals surface area (Å²) < 4.78 is 10.8. The zero-order chi connectivity index (χ0) is 31.4. The number of ether oxygens (including phenoxy) is 2. The van der Waals surface area contributed by atoms with Crippen molar-refractivity contribution in [2.45, 2.75) is 30.7 Å². The number of hydrogen-bond donors (Lipinski definition) is 8. The van der Waals surface area contributed by atoms with Gasteiger partial charge in [-0.2, -0.15) is 0 Å². The molecule has 8 N–H and O–H groups in total. The van der Waals surface area contributed by atoms with Crippen LogP contribution in [0.4, 0.5) is 5.69 Å². The predicted octanol–water partition coefficient (Wildman–Crippen LogP) is -2.27. The monoisotopic (exact) mass is 620 g/mol. The first-order chi connectivity index (χ1) is 20.6. The molecular formula is C27H32N4O11S. The van der Waals surface area contributed by atoms with Gasteiger partial charge in [-0.1, -0.05) is 42.1 Å². The van der Waals surface area contributed by atoms with Crippen LogP contribution in [0.3, 0.4) is 0 Å². The van der Waals surface area contributed by atoms with Gasteiger partial charge >= 0.3 is 0 Å². The van der Waals surface area contributed by atoms with E-state index < -0.39 is 80.6 Å². The number of anilines is 1. The standard InChI is InChI=1S/C27H32N4O11S/c32-13-18-23(37)24(38)25(39)27(42-18)41-17-8-6-16(7-9-17)31-21(35)12-29-19(33)10-28-20(34)11-30-22(36)14-43-26(40)15-4-2-1-3-5-15/h1-9,18,23-25,27,32,37-39H,10-14H2,(H,28,34)(H,29,33)(H,30,36)(H,31,35)/t18-,23-,24+,25-,27-/m1/s1. The predicted molar refractivity (Wildman–Crippen MR) is 152 cm³/mol. The van der Waals surface area contributed by atoms with E-state index in [-0.39, 0.29) is 16.6 Å². The third-order valence-electron chi connectivity index (χ3n) is 5.92. The van der Waals surface area contributed by atoms with Crippen molar-refractivity contribution < 1.29 is 53.9 Å². The van der Waals surface area contributed by atoms with Crippen LogP contribution >= 0.6 is 11.8 Å². The van der Waals surface area contributed by atoms with Crippen molar-refractivity contribution >= 4 is 46.2 Å². The molecule has 2 aromatic carbocycles. The van der Waals surface area contributed by atoms with E-state index in [0.717, 1.165) is 11.8 Å². The van der Waals surface area contributed by atoms with Crippen LogP contribution in [-0.4, -0.2) is 112 Å². The maximum Gasteiger partial charge on any atom is 0.243 e. The van der Waals surface area contributed by atoms with Crippen molar-refractivity contribution in [1.82, 2.24) is 16.0 Å². The van der Waals surface area contributed by atoms with Crippen LogP contribution < -0.4 is 26.0 Å². The van der Waals surface area contributed by atoms with Crippen LogP contribution in [0.2, 0.25) is 0 Å². The Kier molecular flexibility index (Phi) is 12.9. The van der Waals surface area contributed by atoms with Crippen molar-refractivity contribution in [1.29, 1.82) is 0 Å². The van der Waals surface area contributed by atoms with Gasteiger partial charge in [-0.05, 0) is 24.3 Å². The SMILES string of the molecule is O=C(CNC(=O)CSC(=O)c1ccccc1)NCC(=O)NCC(=O)Nc1ccc(O[C@@H]2O[C@H](CO)[C@@H](O)[C@H](O)[C@H]2O)cc1. The number of benzene rings is 2. The first kappa shape index (κ1) is 33.4. The zero-order valence-corrected chi connectivity index (χ0v) is 23.5. The molecule has 1 saturated heterocycles. The molecule has 1 fully saturated rings. The lowest BCUT2D eigenvalue weighted by atomic mass is 9.99. The number of aliphatic hydroxyl groups excluding tert-OH is 4. The van der Waals surface area contributed by atoms with Gasteiger partial charge in [0.1, 0.15) is 30.2 Å². The average molecular weight is 621 g/mol. The Morgan fingerprint density at radius 2 is 1.33 bits per heavy atom. The number of carbonyl (C=O) groups excluding carboxylic acids is 5. The van der Waals surface area contributed by atoms with Crippen molar-refractivity contribution in [2.75, 3.05) is 37.3 Å². The molecule has 0 spiro atoms. The highest BCUT2D eigenvalue weighted by Crippen LogP contribution is 2.25. The molecule has 1 heterocycles. The second-order valence-corrected chi connectivity index (χ2v) is 10.1. The lowest BCUT2D eigenvalue weighted by molar-refractivity contribution is -0.277. The quantitative estimate of drug-likeness (QED) is 0.118. The van der Waals surface area contributed by atoms with E-state index >= 15 is 0 Å². The highest BCUT2D eigenvalue weighted by Gasteiger charge is 2.44. The fraction of sp³-hybridized carbons (Fsp3) is 0.370. The summed E-state index contributed by atoms with van der Waals surface area (Å²) >= 11 is 0.797. The molecule has 0 saturated carbocycles. The Hall–Kier alpha value is -4.06. The number of hydrogen-bond acceptors (Lipinski definition) is 12. The van der Waals surface area contributed by atoms with Gasteiger partial charge in [0.25, 0.3) is 0 Å². The Bertz CT molecular complexity index is 1260. The van der Waals surface area contributed by atoms with Crippen molar-refractivity contribution in [2.24, 2.45) is 0 Å². The van der Waals surface area contributed by atoms with Crippen LogP contribution in [0.15, 0.2) is 54.6 Å². The summed E-state index contributed by atoms with van der Waals surface area (Å²) in [6.07, 6.45) is -7.18. The summed E-state index contributed by atoms with van der Waals surface area (Å²) in [4.78, 5) is 59.9. The van der Waals surface area contributed by atoms with E-state index in [0.29, 0.717) is 11.3 Å². The second kappa shape index (κ2) is 16.5. The molecule has 0 aliphatic carbocycles. The molecule has 4 amide bonds. The number of aliphatic hydroxyl groups is 4. The number of nitrogens with one attached hydrogen (secondary N) is 4. The Balaban J connectivity index is 1.30. The van der Waals surface area contributed by atoms with Gasteiger partial charge in [0.2, 0.25) is 35.0 Å². The number of rotatable bonds is 13. The molecular weight excluding hydrogens is 588 g/mol. The van der Waals surface area contributed by atoms with Crippen molar-refractivity contribution in [3.05, 3.63) is 60.2 Å². The van der Waals surface area contributed by atoms with Crippen LogP contribution in [-0.2, 0) is 23.9 Å². The first-order valence-corrected chi connectivity index (χ1v) is 13.9. The number of carbonyl (C=O) groups is 5. The molecule has 2 aromatic rings. The van der Waals surface area contributed by atoms with Crippen molar-refractivity contribution in [3.63, 3.8) is 0 Å². The summed E-state index contributed by atoms with van der Waals surface area (Å²) in [6.45, 7) is -1.84. The number of thioether (sulfide) groups is 1. The fourth-order valence-electron chi connectivity index (χ4n) is 3.62. The zero-order valence-electron chi connectivity index (χ0n) is 22.7. The van der Waals surface area contributed by atoms with Crippen LogP contribution in [0.25, 0.3) is 0 Å². The van der Waals surface area contributed by atoms with Crippen LogP contribution in [0, 0.1) is 0 Å². The molecule has 1 aliphatic heterocycles. The number of amides is 4. The van der Waals surface area contributed by atoms with E-state index in [1.165, 1.54) is 24.3 Å². The molecule has 0 aromatic heterocycles. The van der Waals surface area contributed by atoms with Gasteiger partial charge in [-0.3, -0.25) is 24.0 Å². The van der Waals surface area contributed by atoms with Gasteiger partial charge in [0, 0.05) is 11.3 Å². The molecule has 16 heteroatoms. The minimum absolute atomic E-state index is 0.176. The maximum atomic E-state index is 12.2. The lowest BCUT2D eigenvalue weighted by Crippen LogP contribution is -2.60. The molecule has 1 aliphatic rings. The summed E-state index contributed by atoms with van der Waals surface area (Å²) in [5.74, 6) is -2.37. The molecule has 5 atom stereocenters. The van der Waals surface area contributed by atoms with E-state index in [9.17, 15) is 44.4 Å². The summed E-state index contributed by atoms with van der Waals surface area (Å²) in [6, 6.07) is 14.2. The third kappa shape index (κ3) is 10.6. The Morgan fingerprint density at radius 3 is 1.93 bits per heavy atom. The van der Waals surface area contributed by atoms with E-state index in [1.807, 2.05) is 0 Å². The molecule has 0 radical (unpaired) electrons. The van der Waals surface area contributed by atoms with Gasteiger partial charge in [-0.15, -0.1) is 0 Å². The highest BCUT2D eigenvalue weighted by atomic mass is 32.2. The molecule has 0 unspecified atom stereocenters. The first-order valence-electron chi connectivity index (χ1n) is 13.0. The summed E-state index contributed by atoms with van der Waals surface area (Å²) in [5.41, 5.74) is 0.795. The van der Waals surface area contributed by atoms with Gasteiger partial charge in [0.15, 0.2) is 0 Å². The minimum atomic E-state index is -1.59. The molecule has 15 nitrogen and oxygen atoms in total. The lowest BCUT2D eigenvalue weighted by Gasteiger charge is -2.39. The van der Waals surface area contributed by atoms with Crippen LogP contribution in [0.5, 0.6) is 5.75 Å². The van der Waals surface area contributed by atoms with E-state index in [2.05, 4.69) is 21.3 Å². The molecule has 232 valence electrons. The summed E-state index contributed by atoms with van der Waals surface area (Å²) in [5, 5.41) is 48.2. The van der Waals surface area contributed by atoms with Gasteiger partial charge in [0.05, 0.1) is 32.0 Å². The average Bonchev–Trinajstić information content (AvgIpc) is 3.02. The largest absolute Gasteiger partial charge is 0.462 e. The Morgan fingerprint density at radius 1 is 0.744 bits per heavy atom. The van der Waals surface area contributed by atoms with Crippen molar-refractivity contribution in [3.8, 4) is 5.75 Å². The normalized spacial score (nSPS) is 21.3. The fourth-order valence-corrected chi connectivity index (χ4v) is 4.29. The summed E-state index contributed by atoms with van der Waals surface area (Å²) in [7, 11) is 0. The maximum absolute atomic E-state index is 12.2. The molecule has 43 heavy (non-hydrogen) atoms. The smallest absolute Gasteiger partial charge is 0.243 e. The highest BCUT2D eigenvalue weighted by molar-refractivity contribution is 8.14. The van der Waals surface area contributed by atoms with Gasteiger partial charge in [-0.25, -0.2) is 0 Å². The topological polar surface area (TPSA) is 233 Å². The van der Waals surface area contributed by atoms with E-state index in [4.69, 9.17) is 9.47 Å². The second-order valence-electron chi connectivity index (χ2n) is 9.16. The van der Waals surface area contributed by atoms with Crippen LogP contribution in [0.1, 0.15) is 10.4 Å². The molecule has 0 bridgehead atoms. The molecule has 3 rings (SSSR count). The minimum Gasteiger partial charge on any atom is -0.462 e.